The van der Waals surface area contributed by atoms with E-state index >= 15 is 0 Å². The number of benzene rings is 2. The Hall–Kier alpha value is -4.08. The van der Waals surface area contributed by atoms with E-state index in [4.69, 9.17) is 0 Å². The summed E-state index contributed by atoms with van der Waals surface area (Å²) < 4.78 is 10.2. The SMILES string of the molecule is COC(=O)c1ccc(C(=O)OC)c(NC(=O)Cn2nnc3ccccc3c2=O)c1. The molecule has 29 heavy (non-hydrogen) atoms. The monoisotopic (exact) mass is 396 g/mol. The lowest BCUT2D eigenvalue weighted by Crippen LogP contribution is -2.30. The standard InChI is InChI=1S/C19H16N4O6/c1-28-18(26)11-7-8-13(19(27)29-2)15(9-11)20-16(24)10-23-17(25)12-5-3-4-6-14(12)21-22-23/h3-9H,10H2,1-2H3,(H,20,24). The molecule has 1 amide bonds. The second kappa shape index (κ2) is 8.30. The molecule has 0 aliphatic carbocycles. The highest BCUT2D eigenvalue weighted by Crippen LogP contribution is 2.20. The second-order valence-corrected chi connectivity index (χ2v) is 5.86. The van der Waals surface area contributed by atoms with Crippen LogP contribution >= 0.6 is 0 Å². The number of carbonyl (C=O) groups is 3. The van der Waals surface area contributed by atoms with Gasteiger partial charge in [-0.15, -0.1) is 5.10 Å². The number of nitrogens with zero attached hydrogens (tertiary/aromatic N) is 3. The summed E-state index contributed by atoms with van der Waals surface area (Å²) in [6.07, 6.45) is 0. The van der Waals surface area contributed by atoms with Crippen molar-refractivity contribution in [3.63, 3.8) is 0 Å². The van der Waals surface area contributed by atoms with Crippen LogP contribution in [-0.4, -0.2) is 47.1 Å². The van der Waals surface area contributed by atoms with E-state index in [2.05, 4.69) is 25.1 Å². The van der Waals surface area contributed by atoms with Gasteiger partial charge in [-0.2, -0.15) is 0 Å². The summed E-state index contributed by atoms with van der Waals surface area (Å²) in [5.41, 5.74) is 0.116. The number of rotatable bonds is 5. The first-order valence-electron chi connectivity index (χ1n) is 8.37. The number of hydrogen-bond acceptors (Lipinski definition) is 8. The van der Waals surface area contributed by atoms with Crippen LogP contribution in [0.1, 0.15) is 20.7 Å². The summed E-state index contributed by atoms with van der Waals surface area (Å²) in [5.74, 6) is -2.00. The Morgan fingerprint density at radius 1 is 1.03 bits per heavy atom. The van der Waals surface area contributed by atoms with Crippen molar-refractivity contribution in [3.05, 3.63) is 63.9 Å². The number of aromatic nitrogens is 3. The molecule has 1 heterocycles. The lowest BCUT2D eigenvalue weighted by Gasteiger charge is -2.12. The minimum absolute atomic E-state index is 0.0328. The molecule has 1 aromatic heterocycles. The number of hydrogen-bond donors (Lipinski definition) is 1. The average molecular weight is 396 g/mol. The maximum Gasteiger partial charge on any atom is 0.339 e. The van der Waals surface area contributed by atoms with Gasteiger partial charge in [0.05, 0.1) is 36.4 Å². The third kappa shape index (κ3) is 4.10. The Balaban J connectivity index is 1.90. The topological polar surface area (TPSA) is 129 Å². The lowest BCUT2D eigenvalue weighted by atomic mass is 10.1. The zero-order valence-electron chi connectivity index (χ0n) is 15.5. The molecule has 0 radical (unpaired) electrons. The van der Waals surface area contributed by atoms with Gasteiger partial charge >= 0.3 is 11.9 Å². The molecular weight excluding hydrogens is 380 g/mol. The van der Waals surface area contributed by atoms with Gasteiger partial charge in [0.2, 0.25) is 5.91 Å². The molecule has 0 aliphatic heterocycles. The van der Waals surface area contributed by atoms with E-state index in [0.717, 1.165) is 4.68 Å². The first kappa shape index (κ1) is 19.7. The summed E-state index contributed by atoms with van der Waals surface area (Å²) in [6.45, 7) is -0.445. The average Bonchev–Trinajstić information content (AvgIpc) is 2.74. The number of anilines is 1. The molecule has 0 bridgehead atoms. The third-order valence-electron chi connectivity index (χ3n) is 4.04. The van der Waals surface area contributed by atoms with Crippen LogP contribution in [0.2, 0.25) is 0 Å². The van der Waals surface area contributed by atoms with E-state index in [1.54, 1.807) is 24.3 Å². The largest absolute Gasteiger partial charge is 0.465 e. The molecule has 0 aliphatic rings. The summed E-state index contributed by atoms with van der Waals surface area (Å²) in [6, 6.07) is 10.6. The molecule has 0 saturated carbocycles. The number of nitrogens with one attached hydrogen (secondary N) is 1. The molecule has 0 fully saturated rings. The summed E-state index contributed by atoms with van der Waals surface area (Å²) >= 11 is 0. The van der Waals surface area contributed by atoms with E-state index in [0.29, 0.717) is 10.9 Å². The van der Waals surface area contributed by atoms with E-state index in [1.165, 1.54) is 32.4 Å². The molecule has 1 N–H and O–H groups in total. The number of carbonyl (C=O) groups excluding carboxylic acids is 3. The van der Waals surface area contributed by atoms with Gasteiger partial charge in [0, 0.05) is 0 Å². The highest BCUT2D eigenvalue weighted by atomic mass is 16.5. The Kier molecular flexibility index (Phi) is 5.63. The van der Waals surface area contributed by atoms with Crippen molar-refractivity contribution in [2.45, 2.75) is 6.54 Å². The summed E-state index contributed by atoms with van der Waals surface area (Å²) in [7, 11) is 2.39. The molecular formula is C19H16N4O6. The van der Waals surface area contributed by atoms with Crippen LogP contribution in [0.5, 0.6) is 0 Å². The number of esters is 2. The predicted octanol–water partition coefficient (Wildman–Crippen LogP) is 1.00. The number of fused-ring (bicyclic) bond motifs is 1. The Morgan fingerprint density at radius 2 is 1.76 bits per heavy atom. The van der Waals surface area contributed by atoms with Crippen LogP contribution in [0.15, 0.2) is 47.3 Å². The quantitative estimate of drug-likeness (QED) is 0.633. The van der Waals surface area contributed by atoms with Crippen molar-refractivity contribution in [3.8, 4) is 0 Å². The highest BCUT2D eigenvalue weighted by molar-refractivity contribution is 6.03. The molecule has 0 saturated heterocycles. The molecule has 0 atom stereocenters. The van der Waals surface area contributed by atoms with Gasteiger partial charge in [-0.1, -0.05) is 17.3 Å². The first-order chi connectivity index (χ1) is 13.9. The molecule has 3 aromatic rings. The van der Waals surface area contributed by atoms with E-state index in [1.807, 2.05) is 0 Å². The molecule has 148 valence electrons. The molecule has 2 aromatic carbocycles. The van der Waals surface area contributed by atoms with Crippen LogP contribution in [0.4, 0.5) is 5.69 Å². The van der Waals surface area contributed by atoms with E-state index < -0.39 is 29.9 Å². The molecule has 10 nitrogen and oxygen atoms in total. The molecule has 10 heteroatoms. The first-order valence-corrected chi connectivity index (χ1v) is 8.37. The van der Waals surface area contributed by atoms with Gasteiger partial charge in [0.15, 0.2) is 0 Å². The van der Waals surface area contributed by atoms with Gasteiger partial charge in [0.25, 0.3) is 5.56 Å². The minimum atomic E-state index is -0.709. The fourth-order valence-electron chi connectivity index (χ4n) is 2.63. The van der Waals surface area contributed by atoms with Crippen molar-refractivity contribution >= 4 is 34.4 Å². The van der Waals surface area contributed by atoms with Crippen molar-refractivity contribution < 1.29 is 23.9 Å². The Morgan fingerprint density at radius 3 is 2.48 bits per heavy atom. The summed E-state index contributed by atoms with van der Waals surface area (Å²) in [4.78, 5) is 48.6. The van der Waals surface area contributed by atoms with Gasteiger partial charge in [-0.3, -0.25) is 9.59 Å². The van der Waals surface area contributed by atoms with Gasteiger partial charge < -0.3 is 14.8 Å². The van der Waals surface area contributed by atoms with E-state index in [9.17, 15) is 19.2 Å². The smallest absolute Gasteiger partial charge is 0.339 e. The number of amides is 1. The van der Waals surface area contributed by atoms with Crippen molar-refractivity contribution in [2.24, 2.45) is 0 Å². The molecule has 0 unspecified atom stereocenters. The van der Waals surface area contributed by atoms with Gasteiger partial charge in [-0.25, -0.2) is 14.3 Å². The minimum Gasteiger partial charge on any atom is -0.465 e. The van der Waals surface area contributed by atoms with Crippen LogP contribution < -0.4 is 10.9 Å². The molecule has 3 rings (SSSR count). The van der Waals surface area contributed by atoms with Crippen LogP contribution in [0, 0.1) is 0 Å². The van der Waals surface area contributed by atoms with E-state index in [-0.39, 0.29) is 16.8 Å². The summed E-state index contributed by atoms with van der Waals surface area (Å²) in [5, 5.41) is 10.5. The zero-order valence-corrected chi connectivity index (χ0v) is 15.5. The predicted molar refractivity (Wildman–Crippen MR) is 102 cm³/mol. The van der Waals surface area contributed by atoms with Gasteiger partial charge in [0.1, 0.15) is 12.1 Å². The number of methoxy groups -OCH3 is 2. The van der Waals surface area contributed by atoms with Crippen LogP contribution in [0.25, 0.3) is 10.9 Å². The van der Waals surface area contributed by atoms with Gasteiger partial charge in [-0.05, 0) is 30.3 Å². The maximum atomic E-state index is 12.5. The fraction of sp³-hybridized carbons (Fsp3) is 0.158. The van der Waals surface area contributed by atoms with Crippen molar-refractivity contribution in [1.29, 1.82) is 0 Å². The van der Waals surface area contributed by atoms with Crippen molar-refractivity contribution in [1.82, 2.24) is 15.0 Å². The Bertz CT molecular complexity index is 1170. The third-order valence-corrected chi connectivity index (χ3v) is 4.04. The second-order valence-electron chi connectivity index (χ2n) is 5.86. The highest BCUT2D eigenvalue weighted by Gasteiger charge is 2.18. The van der Waals surface area contributed by atoms with Crippen LogP contribution in [0.3, 0.4) is 0 Å². The molecule has 0 spiro atoms. The van der Waals surface area contributed by atoms with Crippen molar-refractivity contribution in [2.75, 3.05) is 19.5 Å². The maximum absolute atomic E-state index is 12.5. The van der Waals surface area contributed by atoms with Crippen LogP contribution in [-0.2, 0) is 20.8 Å². The lowest BCUT2D eigenvalue weighted by molar-refractivity contribution is -0.117. The zero-order chi connectivity index (χ0) is 21.0. The number of ether oxygens (including phenoxy) is 2. The normalized spacial score (nSPS) is 10.4. The Labute approximate surface area is 164 Å². The fourth-order valence-corrected chi connectivity index (χ4v) is 2.63.